The highest BCUT2D eigenvalue weighted by Crippen LogP contribution is 2.45. The standard InChI is InChI=1S/C20H26F2N2O2/c1-26-19(25)20-8-6-17(12-15(20)7-10-23-13-20)24-9-2-3-14-11-16(21)4-5-18(14)22/h2-5,11,15,17,23-24H,6-10,12-13H2,1H3/t15?,17?,20-/m0/s1. The van der Waals surface area contributed by atoms with Crippen molar-refractivity contribution in [3.63, 3.8) is 0 Å². The number of esters is 1. The minimum Gasteiger partial charge on any atom is -0.469 e. The first kappa shape index (κ1) is 19.0. The van der Waals surface area contributed by atoms with Crippen molar-refractivity contribution in [2.45, 2.75) is 31.7 Å². The van der Waals surface area contributed by atoms with E-state index < -0.39 is 17.0 Å². The summed E-state index contributed by atoms with van der Waals surface area (Å²) in [5.41, 5.74) is -0.148. The Bertz CT molecular complexity index is 680. The van der Waals surface area contributed by atoms with Gasteiger partial charge in [0.2, 0.25) is 0 Å². The maximum atomic E-state index is 13.6. The van der Waals surface area contributed by atoms with Crippen LogP contribution in [0.5, 0.6) is 0 Å². The lowest BCUT2D eigenvalue weighted by Crippen LogP contribution is -2.56. The van der Waals surface area contributed by atoms with Crippen molar-refractivity contribution in [1.29, 1.82) is 0 Å². The Labute approximate surface area is 153 Å². The Balaban J connectivity index is 1.55. The lowest BCUT2D eigenvalue weighted by Gasteiger charge is -2.47. The van der Waals surface area contributed by atoms with Gasteiger partial charge in [0, 0.05) is 24.7 Å². The first-order valence-electron chi connectivity index (χ1n) is 9.19. The minimum atomic E-state index is -0.448. The number of carbonyl (C=O) groups excluding carboxylic acids is 1. The van der Waals surface area contributed by atoms with E-state index in [0.717, 1.165) is 44.4 Å². The summed E-state index contributed by atoms with van der Waals surface area (Å²) >= 11 is 0. The van der Waals surface area contributed by atoms with Gasteiger partial charge in [-0.2, -0.15) is 0 Å². The highest BCUT2D eigenvalue weighted by atomic mass is 19.1. The van der Waals surface area contributed by atoms with Crippen LogP contribution in [0.15, 0.2) is 24.3 Å². The smallest absolute Gasteiger partial charge is 0.313 e. The molecule has 1 aromatic carbocycles. The lowest BCUT2D eigenvalue weighted by molar-refractivity contribution is -0.161. The van der Waals surface area contributed by atoms with E-state index in [1.165, 1.54) is 13.2 Å². The topological polar surface area (TPSA) is 50.4 Å². The van der Waals surface area contributed by atoms with E-state index in [4.69, 9.17) is 4.74 Å². The molecule has 3 atom stereocenters. The van der Waals surface area contributed by atoms with Crippen molar-refractivity contribution in [3.8, 4) is 0 Å². The molecule has 6 heteroatoms. The summed E-state index contributed by atoms with van der Waals surface area (Å²) in [6.07, 6.45) is 7.00. The van der Waals surface area contributed by atoms with Gasteiger partial charge < -0.3 is 15.4 Å². The molecule has 0 radical (unpaired) electrons. The van der Waals surface area contributed by atoms with Gasteiger partial charge in [-0.15, -0.1) is 0 Å². The number of nitrogens with one attached hydrogen (secondary N) is 2. The summed E-state index contributed by atoms with van der Waals surface area (Å²) in [5.74, 6) is -0.670. The van der Waals surface area contributed by atoms with Gasteiger partial charge in [0.1, 0.15) is 11.6 Å². The van der Waals surface area contributed by atoms with E-state index in [2.05, 4.69) is 10.6 Å². The number of rotatable bonds is 5. The van der Waals surface area contributed by atoms with Crippen LogP contribution in [0.2, 0.25) is 0 Å². The average molecular weight is 364 g/mol. The maximum absolute atomic E-state index is 13.6. The number of halogens is 2. The monoisotopic (exact) mass is 364 g/mol. The Kier molecular flexibility index (Phi) is 6.04. The Hall–Kier alpha value is -1.79. The largest absolute Gasteiger partial charge is 0.469 e. The molecule has 1 heterocycles. The molecule has 1 aliphatic carbocycles. The van der Waals surface area contributed by atoms with Crippen LogP contribution in [0.3, 0.4) is 0 Å². The number of carbonyl (C=O) groups is 1. The lowest BCUT2D eigenvalue weighted by atomic mass is 9.62. The fourth-order valence-corrected chi connectivity index (χ4v) is 4.33. The molecule has 2 N–H and O–H groups in total. The predicted molar refractivity (Wildman–Crippen MR) is 96.5 cm³/mol. The van der Waals surface area contributed by atoms with E-state index in [1.807, 2.05) is 6.08 Å². The molecule has 1 saturated carbocycles. The summed E-state index contributed by atoms with van der Waals surface area (Å²) in [6.45, 7) is 2.20. The quantitative estimate of drug-likeness (QED) is 0.789. The van der Waals surface area contributed by atoms with Crippen LogP contribution in [0.1, 0.15) is 31.2 Å². The molecule has 2 unspecified atom stereocenters. The van der Waals surface area contributed by atoms with Gasteiger partial charge in [-0.3, -0.25) is 4.79 Å². The van der Waals surface area contributed by atoms with Gasteiger partial charge in [0.25, 0.3) is 0 Å². The second-order valence-electron chi connectivity index (χ2n) is 7.26. The van der Waals surface area contributed by atoms with Gasteiger partial charge in [-0.05, 0) is 56.3 Å². The third-order valence-electron chi connectivity index (χ3n) is 5.77. The number of methoxy groups -OCH3 is 1. The molecular weight excluding hydrogens is 338 g/mol. The van der Waals surface area contributed by atoms with Crippen LogP contribution in [0.4, 0.5) is 8.78 Å². The zero-order valence-electron chi connectivity index (χ0n) is 15.1. The summed E-state index contributed by atoms with van der Waals surface area (Å²) in [6, 6.07) is 3.75. The van der Waals surface area contributed by atoms with Crippen molar-refractivity contribution in [2.75, 3.05) is 26.7 Å². The normalized spacial score (nSPS) is 28.7. The third kappa shape index (κ3) is 3.96. The molecule has 0 bridgehead atoms. The van der Waals surface area contributed by atoms with Crippen LogP contribution in [0, 0.1) is 23.0 Å². The van der Waals surface area contributed by atoms with Crippen molar-refractivity contribution in [2.24, 2.45) is 11.3 Å². The van der Waals surface area contributed by atoms with Gasteiger partial charge in [0.05, 0.1) is 12.5 Å². The number of fused-ring (bicyclic) bond motifs is 1. The van der Waals surface area contributed by atoms with Crippen molar-refractivity contribution >= 4 is 12.0 Å². The summed E-state index contributed by atoms with van der Waals surface area (Å²) in [4.78, 5) is 12.3. The van der Waals surface area contributed by atoms with Crippen LogP contribution in [0.25, 0.3) is 6.08 Å². The molecule has 2 fully saturated rings. The molecule has 1 saturated heterocycles. The number of benzene rings is 1. The van der Waals surface area contributed by atoms with E-state index in [-0.39, 0.29) is 11.5 Å². The number of hydrogen-bond donors (Lipinski definition) is 2. The SMILES string of the molecule is COC(=O)[C@]12CCC(NCC=Cc3cc(F)ccc3F)CC1CCNC2. The predicted octanol–water partition coefficient (Wildman–Crippen LogP) is 2.89. The molecule has 2 aliphatic rings. The van der Waals surface area contributed by atoms with Crippen molar-refractivity contribution in [1.82, 2.24) is 10.6 Å². The summed E-state index contributed by atoms with van der Waals surface area (Å²) in [7, 11) is 1.46. The Morgan fingerprint density at radius 3 is 3.08 bits per heavy atom. The minimum absolute atomic E-state index is 0.102. The second-order valence-corrected chi connectivity index (χ2v) is 7.26. The van der Waals surface area contributed by atoms with Gasteiger partial charge in [-0.1, -0.05) is 12.2 Å². The number of ether oxygens (including phenoxy) is 1. The molecule has 3 rings (SSSR count). The van der Waals surface area contributed by atoms with E-state index in [9.17, 15) is 13.6 Å². The zero-order valence-corrected chi connectivity index (χ0v) is 15.1. The van der Waals surface area contributed by atoms with Crippen molar-refractivity contribution in [3.05, 3.63) is 41.5 Å². The van der Waals surface area contributed by atoms with Crippen LogP contribution < -0.4 is 10.6 Å². The molecule has 26 heavy (non-hydrogen) atoms. The average Bonchev–Trinajstić information content (AvgIpc) is 2.66. The molecular formula is C20H26F2N2O2. The number of hydrogen-bond acceptors (Lipinski definition) is 4. The highest BCUT2D eigenvalue weighted by molar-refractivity contribution is 5.78. The second kappa shape index (κ2) is 8.27. The molecule has 0 aromatic heterocycles. The first-order valence-corrected chi connectivity index (χ1v) is 9.19. The van der Waals surface area contributed by atoms with Gasteiger partial charge in [0.15, 0.2) is 0 Å². The summed E-state index contributed by atoms with van der Waals surface area (Å²) < 4.78 is 31.9. The number of piperidine rings is 1. The van der Waals surface area contributed by atoms with E-state index in [1.54, 1.807) is 6.08 Å². The molecule has 0 spiro atoms. The molecule has 1 aromatic rings. The third-order valence-corrected chi connectivity index (χ3v) is 5.77. The fraction of sp³-hybridized carbons (Fsp3) is 0.550. The molecule has 142 valence electrons. The first-order chi connectivity index (χ1) is 12.5. The van der Waals surface area contributed by atoms with Gasteiger partial charge in [-0.25, -0.2) is 8.78 Å². The van der Waals surface area contributed by atoms with Crippen LogP contribution in [-0.2, 0) is 9.53 Å². The van der Waals surface area contributed by atoms with Crippen LogP contribution in [-0.4, -0.2) is 38.8 Å². The Morgan fingerprint density at radius 2 is 2.27 bits per heavy atom. The van der Waals surface area contributed by atoms with E-state index in [0.29, 0.717) is 25.0 Å². The van der Waals surface area contributed by atoms with E-state index >= 15 is 0 Å². The van der Waals surface area contributed by atoms with Gasteiger partial charge >= 0.3 is 5.97 Å². The molecule has 0 amide bonds. The zero-order chi connectivity index (χ0) is 18.6. The Morgan fingerprint density at radius 1 is 1.42 bits per heavy atom. The van der Waals surface area contributed by atoms with Crippen molar-refractivity contribution < 1.29 is 18.3 Å². The van der Waals surface area contributed by atoms with Crippen LogP contribution >= 0.6 is 0 Å². The molecule has 1 aliphatic heterocycles. The molecule has 4 nitrogen and oxygen atoms in total. The summed E-state index contributed by atoms with van der Waals surface area (Å²) in [5, 5.41) is 6.79. The maximum Gasteiger partial charge on any atom is 0.313 e. The highest BCUT2D eigenvalue weighted by Gasteiger charge is 2.50. The fourth-order valence-electron chi connectivity index (χ4n) is 4.33.